The highest BCUT2D eigenvalue weighted by Crippen LogP contribution is 2.42. The van der Waals surface area contributed by atoms with E-state index in [4.69, 9.17) is 5.73 Å². The highest BCUT2D eigenvalue weighted by atomic mass is 15.2. The van der Waals surface area contributed by atoms with Crippen molar-refractivity contribution < 1.29 is 0 Å². The van der Waals surface area contributed by atoms with E-state index in [1.165, 1.54) is 51.5 Å². The second-order valence-corrected chi connectivity index (χ2v) is 7.13. The smallest absolute Gasteiger partial charge is 0.0334 e. The Morgan fingerprint density at radius 3 is 2.47 bits per heavy atom. The zero-order valence-corrected chi connectivity index (χ0v) is 12.0. The van der Waals surface area contributed by atoms with Crippen LogP contribution in [0.2, 0.25) is 0 Å². The number of nitrogens with zero attached hydrogens (tertiary/aromatic N) is 1. The first-order valence-electron chi connectivity index (χ1n) is 7.46. The van der Waals surface area contributed by atoms with E-state index < -0.39 is 0 Å². The summed E-state index contributed by atoms with van der Waals surface area (Å²) in [6.45, 7) is 9.37. The van der Waals surface area contributed by atoms with Gasteiger partial charge in [0.1, 0.15) is 0 Å². The van der Waals surface area contributed by atoms with E-state index in [0.717, 1.165) is 12.6 Å². The van der Waals surface area contributed by atoms with Crippen LogP contribution in [0.15, 0.2) is 0 Å². The predicted molar refractivity (Wildman–Crippen MR) is 74.1 cm³/mol. The van der Waals surface area contributed by atoms with Crippen LogP contribution in [0.1, 0.15) is 65.7 Å². The minimum atomic E-state index is 0.323. The lowest BCUT2D eigenvalue weighted by atomic mass is 9.82. The van der Waals surface area contributed by atoms with Crippen molar-refractivity contribution in [1.82, 2.24) is 4.90 Å². The molecule has 17 heavy (non-hydrogen) atoms. The number of nitrogens with two attached hydrogens (primary N) is 1. The molecule has 2 fully saturated rings. The molecule has 0 amide bonds. The molecule has 2 aliphatic rings. The van der Waals surface area contributed by atoms with Crippen molar-refractivity contribution >= 4 is 0 Å². The molecule has 0 aromatic heterocycles. The van der Waals surface area contributed by atoms with Gasteiger partial charge in [0.25, 0.3) is 0 Å². The number of rotatable bonds is 2. The third-order valence-electron chi connectivity index (χ3n) is 5.31. The molecule has 2 N–H and O–H groups in total. The number of hydrogen-bond acceptors (Lipinski definition) is 2. The third-order valence-corrected chi connectivity index (χ3v) is 5.31. The molecular weight excluding hydrogens is 208 g/mol. The molecule has 0 aromatic carbocycles. The molecular formula is C15H30N2. The summed E-state index contributed by atoms with van der Waals surface area (Å²) in [7, 11) is 0. The molecule has 0 aromatic rings. The molecule has 2 rings (SSSR count). The molecule has 2 nitrogen and oxygen atoms in total. The van der Waals surface area contributed by atoms with Crippen molar-refractivity contribution in [2.45, 2.75) is 77.3 Å². The maximum atomic E-state index is 6.20. The minimum Gasteiger partial charge on any atom is -0.329 e. The lowest BCUT2D eigenvalue weighted by Crippen LogP contribution is -2.55. The zero-order valence-electron chi connectivity index (χ0n) is 12.0. The predicted octanol–water partition coefficient (Wildman–Crippen LogP) is 3.16. The highest BCUT2D eigenvalue weighted by Gasteiger charge is 2.42. The summed E-state index contributed by atoms with van der Waals surface area (Å²) in [5.74, 6) is 0. The SMILES string of the molecule is CC1CCCN1C1(CN)CCCC(C)(C)CC1. The summed E-state index contributed by atoms with van der Waals surface area (Å²) in [6.07, 6.45) is 9.42. The van der Waals surface area contributed by atoms with Crippen molar-refractivity contribution in [2.24, 2.45) is 11.1 Å². The molecule has 2 unspecified atom stereocenters. The van der Waals surface area contributed by atoms with Gasteiger partial charge in [-0.05, 0) is 57.4 Å². The second kappa shape index (κ2) is 4.89. The molecule has 100 valence electrons. The largest absolute Gasteiger partial charge is 0.329 e. The molecule has 1 saturated carbocycles. The van der Waals surface area contributed by atoms with Crippen molar-refractivity contribution in [3.05, 3.63) is 0 Å². The van der Waals surface area contributed by atoms with Crippen LogP contribution in [0.25, 0.3) is 0 Å². The fraction of sp³-hybridized carbons (Fsp3) is 1.00. The molecule has 1 saturated heterocycles. The Morgan fingerprint density at radius 2 is 1.88 bits per heavy atom. The Kier molecular flexibility index (Phi) is 3.84. The Bertz CT molecular complexity index is 262. The highest BCUT2D eigenvalue weighted by molar-refractivity contribution is 4.99. The van der Waals surface area contributed by atoms with Gasteiger partial charge in [-0.2, -0.15) is 0 Å². The first-order valence-corrected chi connectivity index (χ1v) is 7.46. The second-order valence-electron chi connectivity index (χ2n) is 7.13. The quantitative estimate of drug-likeness (QED) is 0.749. The summed E-state index contributed by atoms with van der Waals surface area (Å²) in [5, 5.41) is 0. The van der Waals surface area contributed by atoms with Gasteiger partial charge in [-0.25, -0.2) is 0 Å². The molecule has 1 aliphatic carbocycles. The summed E-state index contributed by atoms with van der Waals surface area (Å²) in [5.41, 5.74) is 7.05. The zero-order chi connectivity index (χ0) is 12.5. The molecule has 0 spiro atoms. The first kappa shape index (κ1) is 13.4. The average Bonchev–Trinajstić information content (AvgIpc) is 2.63. The molecule has 0 bridgehead atoms. The van der Waals surface area contributed by atoms with Gasteiger partial charge in [-0.1, -0.05) is 20.3 Å². The van der Waals surface area contributed by atoms with E-state index in [0.29, 0.717) is 11.0 Å². The van der Waals surface area contributed by atoms with Crippen molar-refractivity contribution in [1.29, 1.82) is 0 Å². The van der Waals surface area contributed by atoms with Gasteiger partial charge in [-0.3, -0.25) is 4.90 Å². The Hall–Kier alpha value is -0.0800. The fourth-order valence-electron chi connectivity index (χ4n) is 3.96. The Balaban J connectivity index is 2.13. The van der Waals surface area contributed by atoms with Gasteiger partial charge in [-0.15, -0.1) is 0 Å². The van der Waals surface area contributed by atoms with Crippen LogP contribution >= 0.6 is 0 Å². The summed E-state index contributed by atoms with van der Waals surface area (Å²) >= 11 is 0. The summed E-state index contributed by atoms with van der Waals surface area (Å²) in [4.78, 5) is 2.74. The van der Waals surface area contributed by atoms with E-state index in [-0.39, 0.29) is 0 Å². The molecule has 2 heteroatoms. The van der Waals surface area contributed by atoms with Crippen LogP contribution in [-0.2, 0) is 0 Å². The van der Waals surface area contributed by atoms with Crippen molar-refractivity contribution in [2.75, 3.05) is 13.1 Å². The van der Waals surface area contributed by atoms with Gasteiger partial charge >= 0.3 is 0 Å². The van der Waals surface area contributed by atoms with E-state index in [1.807, 2.05) is 0 Å². The maximum absolute atomic E-state index is 6.20. The number of likely N-dealkylation sites (tertiary alicyclic amines) is 1. The van der Waals surface area contributed by atoms with Crippen LogP contribution < -0.4 is 5.73 Å². The maximum Gasteiger partial charge on any atom is 0.0334 e. The van der Waals surface area contributed by atoms with Crippen LogP contribution in [0.5, 0.6) is 0 Å². The third kappa shape index (κ3) is 2.68. The van der Waals surface area contributed by atoms with E-state index >= 15 is 0 Å². The monoisotopic (exact) mass is 238 g/mol. The normalized spacial score (nSPS) is 39.2. The molecule has 1 aliphatic heterocycles. The van der Waals surface area contributed by atoms with Crippen molar-refractivity contribution in [3.8, 4) is 0 Å². The summed E-state index contributed by atoms with van der Waals surface area (Å²) in [6, 6.07) is 0.750. The van der Waals surface area contributed by atoms with E-state index in [9.17, 15) is 0 Å². The van der Waals surface area contributed by atoms with Gasteiger partial charge < -0.3 is 5.73 Å². The van der Waals surface area contributed by atoms with Crippen LogP contribution in [0.4, 0.5) is 0 Å². The molecule has 1 heterocycles. The average molecular weight is 238 g/mol. The van der Waals surface area contributed by atoms with Crippen LogP contribution in [0, 0.1) is 5.41 Å². The lowest BCUT2D eigenvalue weighted by molar-refractivity contribution is 0.0690. The Labute approximate surface area is 107 Å². The van der Waals surface area contributed by atoms with Crippen LogP contribution in [-0.4, -0.2) is 29.6 Å². The van der Waals surface area contributed by atoms with Gasteiger partial charge in [0, 0.05) is 18.1 Å². The first-order chi connectivity index (χ1) is 7.99. The van der Waals surface area contributed by atoms with Crippen LogP contribution in [0.3, 0.4) is 0 Å². The standard InChI is InChI=1S/C15H30N2/c1-13-6-4-11-17(13)15(12-16)8-5-7-14(2,3)9-10-15/h13H,4-12,16H2,1-3H3. The summed E-state index contributed by atoms with van der Waals surface area (Å²) < 4.78 is 0. The van der Waals surface area contributed by atoms with Gasteiger partial charge in [0.15, 0.2) is 0 Å². The topological polar surface area (TPSA) is 29.3 Å². The van der Waals surface area contributed by atoms with Gasteiger partial charge in [0.05, 0.1) is 0 Å². The minimum absolute atomic E-state index is 0.323. The number of hydrogen-bond donors (Lipinski definition) is 1. The van der Waals surface area contributed by atoms with E-state index in [2.05, 4.69) is 25.7 Å². The fourth-order valence-corrected chi connectivity index (χ4v) is 3.96. The molecule has 2 atom stereocenters. The Morgan fingerprint density at radius 1 is 1.12 bits per heavy atom. The van der Waals surface area contributed by atoms with E-state index in [1.54, 1.807) is 0 Å². The lowest BCUT2D eigenvalue weighted by Gasteiger charge is -2.44. The molecule has 0 radical (unpaired) electrons. The van der Waals surface area contributed by atoms with Crippen molar-refractivity contribution in [3.63, 3.8) is 0 Å². The van der Waals surface area contributed by atoms with Gasteiger partial charge in [0.2, 0.25) is 0 Å².